The number of carboxylic acids is 1. The zero-order valence-corrected chi connectivity index (χ0v) is 13.2. The molecule has 8 heteroatoms. The van der Waals surface area contributed by atoms with Gasteiger partial charge < -0.3 is 5.11 Å². The van der Waals surface area contributed by atoms with E-state index in [-0.39, 0.29) is 11.4 Å². The Morgan fingerprint density at radius 2 is 2.26 bits per heavy atom. The Bertz CT molecular complexity index is 963. The smallest absolute Gasteiger partial charge is 0.309 e. The normalized spacial score (nSPS) is 11.3. The lowest BCUT2D eigenvalue weighted by Gasteiger charge is -2.02. The van der Waals surface area contributed by atoms with Crippen molar-refractivity contribution in [3.8, 4) is 0 Å². The first-order valence-corrected chi connectivity index (χ1v) is 7.80. The molecule has 0 radical (unpaired) electrons. The summed E-state index contributed by atoms with van der Waals surface area (Å²) in [5.41, 5.74) is 1.08. The van der Waals surface area contributed by atoms with E-state index in [1.165, 1.54) is 15.7 Å². The van der Waals surface area contributed by atoms with Crippen LogP contribution in [0.15, 0.2) is 34.7 Å². The second-order valence-corrected chi connectivity index (χ2v) is 5.87. The van der Waals surface area contributed by atoms with Crippen LogP contribution in [0.5, 0.6) is 0 Å². The average molecular weight is 348 g/mol. The van der Waals surface area contributed by atoms with Crippen molar-refractivity contribution >= 4 is 46.0 Å². The molecule has 0 atom stereocenters. The largest absolute Gasteiger partial charge is 0.481 e. The predicted octanol–water partition coefficient (Wildman–Crippen LogP) is 2.60. The van der Waals surface area contributed by atoms with E-state index in [4.69, 9.17) is 16.7 Å². The maximum Gasteiger partial charge on any atom is 0.309 e. The number of carboxylic acid groups (broad SMARTS) is 1. The fourth-order valence-electron chi connectivity index (χ4n) is 2.04. The van der Waals surface area contributed by atoms with Gasteiger partial charge in [0.15, 0.2) is 4.96 Å². The molecule has 0 unspecified atom stereocenters. The molecule has 0 aliphatic heterocycles. The van der Waals surface area contributed by atoms with Crippen LogP contribution >= 0.6 is 22.9 Å². The van der Waals surface area contributed by atoms with Crippen LogP contribution < -0.4 is 5.56 Å². The summed E-state index contributed by atoms with van der Waals surface area (Å²) in [6, 6.07) is 3.66. The van der Waals surface area contributed by atoms with E-state index in [2.05, 4.69) is 9.97 Å². The average Bonchev–Trinajstić information content (AvgIpc) is 2.92. The van der Waals surface area contributed by atoms with Crippen LogP contribution in [0.2, 0.25) is 5.02 Å². The SMILES string of the molecule is O=C(O)Cc1csc2nc(C=Cc3cccnc3)c(Cl)c(=O)n12. The number of pyridine rings is 1. The summed E-state index contributed by atoms with van der Waals surface area (Å²) in [7, 11) is 0. The Balaban J connectivity index is 2.07. The molecule has 3 aromatic heterocycles. The molecule has 0 aromatic carbocycles. The first-order valence-electron chi connectivity index (χ1n) is 6.55. The summed E-state index contributed by atoms with van der Waals surface area (Å²) in [5.74, 6) is -1.02. The van der Waals surface area contributed by atoms with E-state index in [9.17, 15) is 9.59 Å². The van der Waals surface area contributed by atoms with Crippen molar-refractivity contribution in [3.05, 3.63) is 62.2 Å². The van der Waals surface area contributed by atoms with Crippen LogP contribution in [0.3, 0.4) is 0 Å². The Hall–Kier alpha value is -2.51. The van der Waals surface area contributed by atoms with Crippen molar-refractivity contribution in [3.63, 3.8) is 0 Å². The first kappa shape index (κ1) is 15.4. The van der Waals surface area contributed by atoms with Gasteiger partial charge in [0.1, 0.15) is 5.02 Å². The van der Waals surface area contributed by atoms with Gasteiger partial charge >= 0.3 is 5.97 Å². The molecule has 3 rings (SSSR count). The van der Waals surface area contributed by atoms with Crippen molar-refractivity contribution < 1.29 is 9.90 Å². The number of aromatic nitrogens is 3. The second-order valence-electron chi connectivity index (χ2n) is 4.65. The van der Waals surface area contributed by atoms with E-state index in [0.29, 0.717) is 16.3 Å². The number of aliphatic carboxylic acids is 1. The Kier molecular flexibility index (Phi) is 4.22. The summed E-state index contributed by atoms with van der Waals surface area (Å²) in [6.45, 7) is 0. The van der Waals surface area contributed by atoms with Crippen LogP contribution in [0.1, 0.15) is 17.0 Å². The number of thiazole rings is 1. The molecule has 6 nitrogen and oxygen atoms in total. The fraction of sp³-hybridized carbons (Fsp3) is 0.0667. The van der Waals surface area contributed by atoms with Crippen LogP contribution in [0, 0.1) is 0 Å². The van der Waals surface area contributed by atoms with Gasteiger partial charge in [0.2, 0.25) is 0 Å². The van der Waals surface area contributed by atoms with Gasteiger partial charge in [-0.05, 0) is 17.7 Å². The van der Waals surface area contributed by atoms with Crippen LogP contribution in [0.4, 0.5) is 0 Å². The van der Waals surface area contributed by atoms with Crippen molar-refractivity contribution in [1.82, 2.24) is 14.4 Å². The summed E-state index contributed by atoms with van der Waals surface area (Å²) < 4.78 is 1.24. The highest BCUT2D eigenvalue weighted by molar-refractivity contribution is 7.15. The Morgan fingerprint density at radius 3 is 2.96 bits per heavy atom. The van der Waals surface area contributed by atoms with Crippen molar-refractivity contribution in [2.24, 2.45) is 0 Å². The minimum atomic E-state index is -1.02. The molecule has 3 heterocycles. The molecule has 0 saturated heterocycles. The molecule has 1 N–H and O–H groups in total. The minimum Gasteiger partial charge on any atom is -0.481 e. The quantitative estimate of drug-likeness (QED) is 0.784. The molecular weight excluding hydrogens is 338 g/mol. The predicted molar refractivity (Wildman–Crippen MR) is 88.9 cm³/mol. The van der Waals surface area contributed by atoms with Crippen molar-refractivity contribution in [2.45, 2.75) is 6.42 Å². The van der Waals surface area contributed by atoms with Gasteiger partial charge in [-0.2, -0.15) is 0 Å². The summed E-state index contributed by atoms with van der Waals surface area (Å²) >= 11 is 7.30. The van der Waals surface area contributed by atoms with Crippen LogP contribution in [0.25, 0.3) is 17.1 Å². The van der Waals surface area contributed by atoms with Crippen molar-refractivity contribution in [1.29, 1.82) is 0 Å². The third-order valence-electron chi connectivity index (χ3n) is 3.06. The molecular formula is C15H10ClN3O3S. The van der Waals surface area contributed by atoms with Gasteiger partial charge in [-0.25, -0.2) is 4.98 Å². The highest BCUT2D eigenvalue weighted by Crippen LogP contribution is 2.19. The lowest BCUT2D eigenvalue weighted by atomic mass is 10.2. The Labute approximate surface area is 139 Å². The molecule has 0 aliphatic carbocycles. The lowest BCUT2D eigenvalue weighted by Crippen LogP contribution is -2.19. The van der Waals surface area contributed by atoms with Crippen LogP contribution in [-0.4, -0.2) is 25.4 Å². The number of fused-ring (bicyclic) bond motifs is 1. The Morgan fingerprint density at radius 1 is 1.43 bits per heavy atom. The van der Waals surface area contributed by atoms with E-state index < -0.39 is 11.5 Å². The molecule has 0 fully saturated rings. The highest BCUT2D eigenvalue weighted by atomic mass is 35.5. The standard InChI is InChI=1S/C15H10ClN3O3S/c16-13-11(4-3-9-2-1-5-17-7-9)18-15-19(14(13)22)10(8-23-15)6-12(20)21/h1-5,7-8H,6H2,(H,20,21). The zero-order valence-electron chi connectivity index (χ0n) is 11.6. The maximum atomic E-state index is 12.4. The van der Waals surface area contributed by atoms with Crippen LogP contribution in [-0.2, 0) is 11.2 Å². The molecule has 0 aliphatic rings. The maximum absolute atomic E-state index is 12.4. The van der Waals surface area contributed by atoms with Gasteiger partial charge in [0, 0.05) is 23.5 Å². The van der Waals surface area contributed by atoms with Gasteiger partial charge in [-0.3, -0.25) is 19.0 Å². The lowest BCUT2D eigenvalue weighted by molar-refractivity contribution is -0.136. The third kappa shape index (κ3) is 3.15. The number of halogens is 1. The van der Waals surface area contributed by atoms with Crippen molar-refractivity contribution in [2.75, 3.05) is 0 Å². The van der Waals surface area contributed by atoms with Gasteiger partial charge in [-0.15, -0.1) is 11.3 Å². The van der Waals surface area contributed by atoms with E-state index in [0.717, 1.165) is 5.56 Å². The van der Waals surface area contributed by atoms with Gasteiger partial charge in [0.05, 0.1) is 12.1 Å². The summed E-state index contributed by atoms with van der Waals surface area (Å²) in [6.07, 6.45) is 6.46. The summed E-state index contributed by atoms with van der Waals surface area (Å²) in [5, 5.41) is 10.4. The van der Waals surface area contributed by atoms with E-state index in [1.807, 2.05) is 6.07 Å². The van der Waals surface area contributed by atoms with Gasteiger partial charge in [-0.1, -0.05) is 23.7 Å². The fourth-order valence-corrected chi connectivity index (χ4v) is 3.11. The molecule has 0 amide bonds. The number of rotatable bonds is 4. The molecule has 0 spiro atoms. The van der Waals surface area contributed by atoms with E-state index >= 15 is 0 Å². The number of hydrogen-bond acceptors (Lipinski definition) is 5. The molecule has 116 valence electrons. The molecule has 23 heavy (non-hydrogen) atoms. The monoisotopic (exact) mass is 347 g/mol. The number of nitrogens with zero attached hydrogens (tertiary/aromatic N) is 3. The molecule has 3 aromatic rings. The van der Waals surface area contributed by atoms with E-state index in [1.54, 1.807) is 36.0 Å². The first-order chi connectivity index (χ1) is 11.1. The number of hydrogen-bond donors (Lipinski definition) is 1. The molecule has 0 bridgehead atoms. The van der Waals surface area contributed by atoms with Gasteiger partial charge in [0.25, 0.3) is 5.56 Å². The zero-order chi connectivity index (χ0) is 16.4. The highest BCUT2D eigenvalue weighted by Gasteiger charge is 2.15. The topological polar surface area (TPSA) is 84.6 Å². The summed E-state index contributed by atoms with van der Waals surface area (Å²) in [4.78, 5) is 32.0. The number of carbonyl (C=O) groups is 1. The minimum absolute atomic E-state index is 0.0484. The third-order valence-corrected chi connectivity index (χ3v) is 4.29. The second kappa shape index (κ2) is 6.31. The molecule has 0 saturated carbocycles.